The largest absolute Gasteiger partial charge is 0.308 e. The van der Waals surface area contributed by atoms with E-state index < -0.39 is 10.8 Å². The fourth-order valence-corrected chi connectivity index (χ4v) is 16.2. The van der Waals surface area contributed by atoms with Gasteiger partial charge in [-0.3, -0.25) is 9.97 Å². The van der Waals surface area contributed by atoms with Gasteiger partial charge in [0.1, 0.15) is 0 Å². The predicted molar refractivity (Wildman–Crippen MR) is 297 cm³/mol. The highest BCUT2D eigenvalue weighted by molar-refractivity contribution is 7.27. The summed E-state index contributed by atoms with van der Waals surface area (Å²) in [5.74, 6) is 0. The lowest BCUT2D eigenvalue weighted by Crippen LogP contribution is -2.37. The molecule has 0 radical (unpaired) electrons. The second kappa shape index (κ2) is 13.6. The zero-order valence-electron chi connectivity index (χ0n) is 38.0. The third-order valence-corrected chi connectivity index (χ3v) is 18.8. The predicted octanol–water partition coefficient (Wildman–Crippen LogP) is 17.4. The molecule has 0 saturated heterocycles. The molecular weight excluding hydrogens is 899 g/mol. The van der Waals surface area contributed by atoms with E-state index in [4.69, 9.17) is 9.97 Å². The molecule has 0 amide bonds. The fraction of sp³-hybridized carbons (Fsp3) is 0.0303. The van der Waals surface area contributed by atoms with Crippen LogP contribution in [-0.2, 0) is 10.8 Å². The third kappa shape index (κ3) is 4.61. The summed E-state index contributed by atoms with van der Waals surface area (Å²) in [5.41, 5.74) is 19.5. The van der Waals surface area contributed by atoms with Gasteiger partial charge in [0.25, 0.3) is 0 Å². The Hall–Kier alpha value is -8.48. The molecule has 17 rings (SSSR count). The van der Waals surface area contributed by atoms with Gasteiger partial charge >= 0.3 is 0 Å². The van der Waals surface area contributed by atoms with Gasteiger partial charge in [0, 0.05) is 53.6 Å². The number of hydrogen-bond donors (Lipinski definition) is 0. The summed E-state index contributed by atoms with van der Waals surface area (Å²) in [6.45, 7) is 0. The minimum Gasteiger partial charge on any atom is -0.308 e. The zero-order chi connectivity index (χ0) is 46.2. The van der Waals surface area contributed by atoms with Crippen LogP contribution in [0.3, 0.4) is 0 Å². The number of thiophene rings is 2. The molecule has 4 aliphatic rings. The van der Waals surface area contributed by atoms with Crippen LogP contribution in [0.5, 0.6) is 0 Å². The van der Waals surface area contributed by atoms with E-state index >= 15 is 0 Å². The quantitative estimate of drug-likeness (QED) is 0.177. The van der Waals surface area contributed by atoms with Crippen LogP contribution in [0.4, 0.5) is 17.1 Å². The van der Waals surface area contributed by atoms with Crippen molar-refractivity contribution < 1.29 is 0 Å². The Kier molecular flexibility index (Phi) is 7.37. The Morgan fingerprint density at radius 2 is 1.00 bits per heavy atom. The molecule has 0 saturated carbocycles. The minimum absolute atomic E-state index is 0.608. The van der Waals surface area contributed by atoms with Crippen LogP contribution in [0, 0.1) is 0 Å². The Morgan fingerprint density at radius 1 is 0.366 bits per heavy atom. The topological polar surface area (TPSA) is 29.0 Å². The van der Waals surface area contributed by atoms with Gasteiger partial charge in [-0.25, -0.2) is 0 Å². The molecule has 5 heterocycles. The normalized spacial score (nSPS) is 14.9. The zero-order valence-corrected chi connectivity index (χ0v) is 39.7. The van der Waals surface area contributed by atoms with Gasteiger partial charge in [0.15, 0.2) is 0 Å². The fourth-order valence-electron chi connectivity index (χ4n) is 13.7. The van der Waals surface area contributed by atoms with Crippen LogP contribution in [0.1, 0.15) is 55.6 Å². The van der Waals surface area contributed by atoms with E-state index in [2.05, 4.69) is 217 Å². The van der Waals surface area contributed by atoms with Crippen molar-refractivity contribution in [1.82, 2.24) is 9.97 Å². The molecule has 1 aliphatic heterocycles. The van der Waals surface area contributed by atoms with Crippen molar-refractivity contribution in [2.24, 2.45) is 0 Å². The van der Waals surface area contributed by atoms with Crippen molar-refractivity contribution in [1.29, 1.82) is 0 Å². The van der Waals surface area contributed by atoms with Crippen LogP contribution in [0.25, 0.3) is 85.8 Å². The highest BCUT2D eigenvalue weighted by Crippen LogP contribution is 2.65. The lowest BCUT2D eigenvalue weighted by Gasteiger charge is -2.46. The van der Waals surface area contributed by atoms with Crippen molar-refractivity contribution in [2.75, 3.05) is 4.90 Å². The summed E-state index contributed by atoms with van der Waals surface area (Å²) in [6.07, 6.45) is 8.42. The van der Waals surface area contributed by atoms with Crippen molar-refractivity contribution in [3.63, 3.8) is 0 Å². The molecule has 71 heavy (non-hydrogen) atoms. The van der Waals surface area contributed by atoms with E-state index in [1.165, 1.54) is 135 Å². The molecule has 5 heteroatoms. The smallest absolute Gasteiger partial charge is 0.0937 e. The number of rotatable bonds is 3. The Balaban J connectivity index is 1.00. The van der Waals surface area contributed by atoms with Gasteiger partial charge in [-0.2, -0.15) is 0 Å². The molecule has 328 valence electrons. The highest BCUT2D eigenvalue weighted by Gasteiger charge is 2.53. The lowest BCUT2D eigenvalue weighted by atomic mass is 9.61. The van der Waals surface area contributed by atoms with Gasteiger partial charge < -0.3 is 4.90 Å². The number of nitrogens with zero attached hydrogens (tertiary/aromatic N) is 3. The molecule has 13 aromatic rings. The average Bonchev–Trinajstić information content (AvgIpc) is 4.22. The standard InChI is InChI=1S/C66H37N3S2/c1-3-14-40(15-4-1)65(41-16-5-2-6-17-41)47-20-8-9-23-53(47)69(55-37-57-46(36-52(55)65)42-18-7-10-25-56(42)70-57)54-24-11-19-43-44-31-33-49-60(64(44)71-63(43)54)45-30-28-38-26-27-39-29-32-48(59(45)58(38)39)66(49)50-21-12-34-67-61(50)62-51(66)22-13-35-68-62/h1-37H. The van der Waals surface area contributed by atoms with Crippen LogP contribution in [0.15, 0.2) is 213 Å². The number of anilines is 3. The van der Waals surface area contributed by atoms with E-state index in [0.29, 0.717) is 0 Å². The molecule has 0 N–H and O–H groups in total. The number of fused-ring (bicyclic) bond motifs is 18. The number of aromatic nitrogens is 2. The van der Waals surface area contributed by atoms with Gasteiger partial charge in [-0.15, -0.1) is 22.7 Å². The number of hydrogen-bond acceptors (Lipinski definition) is 5. The maximum Gasteiger partial charge on any atom is 0.0937 e. The first-order valence-corrected chi connectivity index (χ1v) is 26.0. The van der Waals surface area contributed by atoms with Crippen LogP contribution in [-0.4, -0.2) is 9.97 Å². The molecule has 3 aliphatic carbocycles. The number of para-hydroxylation sites is 1. The van der Waals surface area contributed by atoms with Crippen molar-refractivity contribution >= 4 is 103 Å². The molecule has 0 bridgehead atoms. The summed E-state index contributed by atoms with van der Waals surface area (Å²) >= 11 is 3.84. The second-order valence-corrected chi connectivity index (χ2v) is 21.6. The number of benzene rings is 9. The van der Waals surface area contributed by atoms with E-state index in [-0.39, 0.29) is 0 Å². The van der Waals surface area contributed by atoms with Crippen LogP contribution >= 0.6 is 22.7 Å². The summed E-state index contributed by atoms with van der Waals surface area (Å²) in [5, 5.41) is 7.79. The SMILES string of the molecule is C1=Cc2ccc3c4c(ccc1c24)-c1c(ccc2c1sc1c(N4c5ccccc5C(c5ccccc5)(c5ccccc5)c5cc6c(cc54)sc4ccccc46)cccc12)C31c2cccnc2-c2ncccc21. The maximum atomic E-state index is 5.09. The molecule has 3 nitrogen and oxygen atoms in total. The molecule has 9 aromatic carbocycles. The van der Waals surface area contributed by atoms with Crippen molar-refractivity contribution in [2.45, 2.75) is 10.8 Å². The van der Waals surface area contributed by atoms with E-state index in [1.807, 2.05) is 35.1 Å². The summed E-state index contributed by atoms with van der Waals surface area (Å²) in [4.78, 5) is 12.8. The molecular formula is C66H37N3S2. The molecule has 0 fully saturated rings. The minimum atomic E-state index is -0.610. The van der Waals surface area contributed by atoms with Crippen LogP contribution in [0.2, 0.25) is 0 Å². The molecule has 1 spiro atoms. The van der Waals surface area contributed by atoms with E-state index in [0.717, 1.165) is 11.4 Å². The maximum absolute atomic E-state index is 5.09. The molecule has 4 aromatic heterocycles. The molecule has 0 unspecified atom stereocenters. The van der Waals surface area contributed by atoms with Gasteiger partial charge in [0.05, 0.1) is 44.0 Å². The average molecular weight is 936 g/mol. The van der Waals surface area contributed by atoms with Crippen molar-refractivity contribution in [3.8, 4) is 22.5 Å². The first-order valence-electron chi connectivity index (χ1n) is 24.4. The Labute approximate surface area is 416 Å². The Bertz CT molecular complexity index is 4440. The second-order valence-electron chi connectivity index (χ2n) is 19.5. The van der Waals surface area contributed by atoms with Crippen LogP contribution < -0.4 is 4.90 Å². The van der Waals surface area contributed by atoms with E-state index in [9.17, 15) is 0 Å². The first-order chi connectivity index (χ1) is 35.2. The third-order valence-electron chi connectivity index (χ3n) is 16.4. The monoisotopic (exact) mass is 935 g/mol. The van der Waals surface area contributed by atoms with Crippen molar-refractivity contribution in [3.05, 3.63) is 268 Å². The number of pyridine rings is 2. The van der Waals surface area contributed by atoms with Gasteiger partial charge in [0.2, 0.25) is 0 Å². The summed E-state index contributed by atoms with van der Waals surface area (Å²) < 4.78 is 5.15. The summed E-state index contributed by atoms with van der Waals surface area (Å²) in [7, 11) is 0. The summed E-state index contributed by atoms with van der Waals surface area (Å²) in [6, 6.07) is 75.7. The Morgan fingerprint density at radius 3 is 1.77 bits per heavy atom. The van der Waals surface area contributed by atoms with Gasteiger partial charge in [-0.1, -0.05) is 170 Å². The first kappa shape index (κ1) is 38.4. The van der Waals surface area contributed by atoms with Gasteiger partial charge in [-0.05, 0) is 114 Å². The van der Waals surface area contributed by atoms with E-state index in [1.54, 1.807) is 0 Å². The molecule has 0 atom stereocenters. The highest BCUT2D eigenvalue weighted by atomic mass is 32.1. The lowest BCUT2D eigenvalue weighted by molar-refractivity contribution is 0.733.